The molecule has 0 spiro atoms. The van der Waals surface area contributed by atoms with Crippen molar-refractivity contribution in [1.82, 2.24) is 9.62 Å². The van der Waals surface area contributed by atoms with Crippen LogP contribution in [0.4, 0.5) is 5.69 Å². The molecule has 1 aliphatic rings. The first kappa shape index (κ1) is 31.8. The van der Waals surface area contributed by atoms with E-state index in [1.807, 2.05) is 6.92 Å². The summed E-state index contributed by atoms with van der Waals surface area (Å²) in [5, 5.41) is 2.68. The summed E-state index contributed by atoms with van der Waals surface area (Å²) in [6, 6.07) is 18.7. The summed E-state index contributed by atoms with van der Waals surface area (Å²) in [4.78, 5) is 13.1. The third-order valence-corrected chi connectivity index (χ3v) is 10.5. The maximum Gasteiger partial charge on any atom is 0.264 e. The minimum atomic E-state index is -4.07. The topological polar surface area (TPSA) is 132 Å². The quantitative estimate of drug-likeness (QED) is 0.272. The molecule has 1 amide bonds. The Morgan fingerprint density at radius 3 is 2.07 bits per heavy atom. The fraction of sp³-hybridized carbons (Fsp3) is 0.321. The normalized spacial score (nSPS) is 14.2. The van der Waals surface area contributed by atoms with Crippen molar-refractivity contribution in [3.05, 3.63) is 77.3 Å². The Bertz CT molecular complexity index is 1540. The van der Waals surface area contributed by atoms with Crippen LogP contribution in [0.1, 0.15) is 6.92 Å². The van der Waals surface area contributed by atoms with E-state index in [9.17, 15) is 21.6 Å². The highest BCUT2D eigenvalue weighted by molar-refractivity contribution is 9.10. The summed E-state index contributed by atoms with van der Waals surface area (Å²) < 4.78 is 72.1. The number of nitrogens with zero attached hydrogens (tertiary/aromatic N) is 2. The van der Waals surface area contributed by atoms with Crippen molar-refractivity contribution in [2.24, 2.45) is 0 Å². The summed E-state index contributed by atoms with van der Waals surface area (Å²) >= 11 is 3.31. The number of amides is 1. The van der Waals surface area contributed by atoms with E-state index in [4.69, 9.17) is 14.2 Å². The highest BCUT2D eigenvalue weighted by Gasteiger charge is 2.28. The van der Waals surface area contributed by atoms with Crippen LogP contribution in [-0.4, -0.2) is 79.7 Å². The lowest BCUT2D eigenvalue weighted by Gasteiger charge is -2.26. The van der Waals surface area contributed by atoms with Gasteiger partial charge in [-0.25, -0.2) is 16.8 Å². The van der Waals surface area contributed by atoms with Gasteiger partial charge in [-0.1, -0.05) is 15.9 Å². The Kier molecular flexibility index (Phi) is 10.8. The highest BCUT2D eigenvalue weighted by atomic mass is 79.9. The summed E-state index contributed by atoms with van der Waals surface area (Å²) in [7, 11) is -7.68. The van der Waals surface area contributed by atoms with Crippen LogP contribution < -0.4 is 19.1 Å². The second kappa shape index (κ2) is 14.3. The molecule has 0 aromatic heterocycles. The number of nitrogens with one attached hydrogen (secondary N) is 1. The molecule has 0 aliphatic carbocycles. The number of benzene rings is 3. The fourth-order valence-corrected chi connectivity index (χ4v) is 7.21. The average molecular weight is 683 g/mol. The number of anilines is 1. The molecule has 0 atom stereocenters. The molecular weight excluding hydrogens is 650 g/mol. The number of sulfonamides is 2. The van der Waals surface area contributed by atoms with Gasteiger partial charge < -0.3 is 19.5 Å². The predicted octanol–water partition coefficient (Wildman–Crippen LogP) is 3.26. The molecule has 226 valence electrons. The molecule has 1 N–H and O–H groups in total. The molecule has 42 heavy (non-hydrogen) atoms. The Balaban J connectivity index is 1.36. The Labute approximate surface area is 254 Å². The fourth-order valence-electron chi connectivity index (χ4n) is 4.11. The van der Waals surface area contributed by atoms with Gasteiger partial charge in [0.15, 0.2) is 0 Å². The van der Waals surface area contributed by atoms with Gasteiger partial charge in [-0.3, -0.25) is 9.10 Å². The largest absolute Gasteiger partial charge is 0.494 e. The minimum absolute atomic E-state index is 0.0369. The molecule has 0 radical (unpaired) electrons. The lowest BCUT2D eigenvalue weighted by atomic mass is 10.3. The number of hydrogen-bond donors (Lipinski definition) is 1. The second-order valence-corrected chi connectivity index (χ2v) is 13.8. The number of morpholine rings is 1. The zero-order valence-electron chi connectivity index (χ0n) is 22.9. The Morgan fingerprint density at radius 1 is 0.881 bits per heavy atom. The van der Waals surface area contributed by atoms with Gasteiger partial charge >= 0.3 is 0 Å². The van der Waals surface area contributed by atoms with Crippen LogP contribution in [0.15, 0.2) is 87.1 Å². The van der Waals surface area contributed by atoms with Crippen molar-refractivity contribution in [3.8, 4) is 11.5 Å². The average Bonchev–Trinajstić information content (AvgIpc) is 2.99. The summed E-state index contributed by atoms with van der Waals surface area (Å²) in [6.07, 6.45) is 0. The van der Waals surface area contributed by atoms with E-state index in [1.54, 1.807) is 48.5 Å². The molecule has 1 aliphatic heterocycles. The lowest BCUT2D eigenvalue weighted by Crippen LogP contribution is -2.41. The van der Waals surface area contributed by atoms with Gasteiger partial charge in [0.05, 0.1) is 41.8 Å². The highest BCUT2D eigenvalue weighted by Crippen LogP contribution is 2.27. The molecule has 4 rings (SSSR count). The molecule has 0 bridgehead atoms. The van der Waals surface area contributed by atoms with E-state index in [0.29, 0.717) is 50.1 Å². The van der Waals surface area contributed by atoms with Gasteiger partial charge in [-0.2, -0.15) is 4.31 Å². The summed E-state index contributed by atoms with van der Waals surface area (Å²) in [6.45, 7) is 3.37. The number of hydrogen-bond acceptors (Lipinski definition) is 8. The first-order chi connectivity index (χ1) is 20.1. The number of rotatable bonds is 13. The monoisotopic (exact) mass is 681 g/mol. The second-order valence-electron chi connectivity index (χ2n) is 9.08. The van der Waals surface area contributed by atoms with E-state index in [-0.39, 0.29) is 22.9 Å². The molecule has 0 unspecified atom stereocenters. The number of carbonyl (C=O) groups is 1. The molecule has 1 heterocycles. The van der Waals surface area contributed by atoms with Gasteiger partial charge in [0, 0.05) is 17.6 Å². The molecule has 3 aromatic rings. The van der Waals surface area contributed by atoms with Gasteiger partial charge in [0.2, 0.25) is 15.9 Å². The van der Waals surface area contributed by atoms with Crippen LogP contribution in [0.5, 0.6) is 11.5 Å². The smallest absolute Gasteiger partial charge is 0.264 e. The zero-order valence-corrected chi connectivity index (χ0v) is 26.2. The van der Waals surface area contributed by atoms with Crippen LogP contribution in [0.3, 0.4) is 0 Å². The van der Waals surface area contributed by atoms with Crippen molar-refractivity contribution in [3.63, 3.8) is 0 Å². The molecule has 1 fully saturated rings. The van der Waals surface area contributed by atoms with E-state index in [0.717, 1.165) is 8.78 Å². The first-order valence-corrected chi connectivity index (χ1v) is 16.9. The summed E-state index contributed by atoms with van der Waals surface area (Å²) in [5.41, 5.74) is 0.305. The molecular formula is C28H32BrN3O8S2. The maximum atomic E-state index is 13.5. The third-order valence-electron chi connectivity index (χ3n) is 6.25. The van der Waals surface area contributed by atoms with Crippen LogP contribution in [0.25, 0.3) is 0 Å². The van der Waals surface area contributed by atoms with E-state index in [2.05, 4.69) is 21.2 Å². The lowest BCUT2D eigenvalue weighted by molar-refractivity contribution is -0.119. The van der Waals surface area contributed by atoms with E-state index >= 15 is 0 Å². The third kappa shape index (κ3) is 8.01. The van der Waals surface area contributed by atoms with Crippen molar-refractivity contribution in [2.75, 3.05) is 56.9 Å². The van der Waals surface area contributed by atoms with Crippen LogP contribution in [0.2, 0.25) is 0 Å². The van der Waals surface area contributed by atoms with Gasteiger partial charge in [-0.15, -0.1) is 0 Å². The summed E-state index contributed by atoms with van der Waals surface area (Å²) in [5.74, 6) is 0.481. The predicted molar refractivity (Wildman–Crippen MR) is 161 cm³/mol. The molecule has 1 saturated heterocycles. The molecule has 14 heteroatoms. The first-order valence-electron chi connectivity index (χ1n) is 13.2. The van der Waals surface area contributed by atoms with Gasteiger partial charge in [0.25, 0.3) is 10.0 Å². The Hall–Kier alpha value is -3.17. The SMILES string of the molecule is CCOc1ccc(N(CC(=O)NCCOc2ccc(S(=O)(=O)N3CCOCC3)cc2)S(=O)(=O)c2ccc(Br)cc2)cc1. The van der Waals surface area contributed by atoms with E-state index < -0.39 is 32.5 Å². The number of carbonyl (C=O) groups excluding carboxylic acids is 1. The van der Waals surface area contributed by atoms with Crippen molar-refractivity contribution in [2.45, 2.75) is 16.7 Å². The number of ether oxygens (including phenoxy) is 3. The van der Waals surface area contributed by atoms with Crippen LogP contribution >= 0.6 is 15.9 Å². The van der Waals surface area contributed by atoms with Crippen molar-refractivity contribution >= 4 is 47.6 Å². The van der Waals surface area contributed by atoms with Crippen molar-refractivity contribution < 1.29 is 35.8 Å². The van der Waals surface area contributed by atoms with Gasteiger partial charge in [-0.05, 0) is 79.7 Å². The van der Waals surface area contributed by atoms with E-state index in [1.165, 1.54) is 28.6 Å². The van der Waals surface area contributed by atoms with Crippen molar-refractivity contribution in [1.29, 1.82) is 0 Å². The standard InChI is InChI=1S/C28H32BrN3O8S2/c1-2-39-24-7-5-23(6-8-24)32(42(36,37)27-11-3-22(29)4-12-27)21-28(33)30-15-18-40-25-9-13-26(14-10-25)41(34,35)31-16-19-38-20-17-31/h3-14H,2,15-21H2,1H3,(H,30,33). The zero-order chi connectivity index (χ0) is 30.2. The molecule has 11 nitrogen and oxygen atoms in total. The molecule has 3 aromatic carbocycles. The van der Waals surface area contributed by atoms with Crippen LogP contribution in [-0.2, 0) is 29.6 Å². The van der Waals surface area contributed by atoms with Gasteiger partial charge in [0.1, 0.15) is 24.7 Å². The Morgan fingerprint density at radius 2 is 1.45 bits per heavy atom. The maximum absolute atomic E-state index is 13.5. The molecule has 0 saturated carbocycles. The number of halogens is 1. The van der Waals surface area contributed by atoms with Crippen LogP contribution in [0, 0.1) is 0 Å². The minimum Gasteiger partial charge on any atom is -0.494 e.